The van der Waals surface area contributed by atoms with E-state index in [1.807, 2.05) is 0 Å². The summed E-state index contributed by atoms with van der Waals surface area (Å²) in [7, 11) is 0. The van der Waals surface area contributed by atoms with Crippen LogP contribution in [0.4, 0.5) is 13.2 Å². The Morgan fingerprint density at radius 2 is 1.71 bits per heavy atom. The molecule has 0 aliphatic carbocycles. The maximum absolute atomic E-state index is 9.67. The molecule has 0 aliphatic heterocycles. The zero-order chi connectivity index (χ0) is 17.4. The SMILES string of the molecule is CCCCOc1ccsc1-c1cccc2ccccc12.FC(F)F. The van der Waals surface area contributed by atoms with Gasteiger partial charge in [0.2, 0.25) is 0 Å². The lowest BCUT2D eigenvalue weighted by atomic mass is 10.0. The maximum Gasteiger partial charge on any atom is 0.379 e. The molecule has 0 atom stereocenters. The van der Waals surface area contributed by atoms with Gasteiger partial charge in [0.25, 0.3) is 0 Å². The molecule has 3 aromatic rings. The van der Waals surface area contributed by atoms with Crippen molar-refractivity contribution in [2.75, 3.05) is 6.61 Å². The number of alkyl halides is 3. The van der Waals surface area contributed by atoms with Crippen LogP contribution in [0.5, 0.6) is 5.75 Å². The third-order valence-corrected chi connectivity index (χ3v) is 4.35. The summed E-state index contributed by atoms with van der Waals surface area (Å²) < 4.78 is 34.9. The minimum atomic E-state index is -3.67. The molecule has 24 heavy (non-hydrogen) atoms. The van der Waals surface area contributed by atoms with Gasteiger partial charge in [0, 0.05) is 5.56 Å². The molecular formula is C19H19F3OS. The zero-order valence-electron chi connectivity index (χ0n) is 13.3. The highest BCUT2D eigenvalue weighted by Gasteiger charge is 2.10. The summed E-state index contributed by atoms with van der Waals surface area (Å²) in [6.07, 6.45) is 2.26. The number of hydrogen-bond acceptors (Lipinski definition) is 2. The van der Waals surface area contributed by atoms with Crippen molar-refractivity contribution >= 4 is 22.1 Å². The van der Waals surface area contributed by atoms with E-state index in [9.17, 15) is 13.2 Å². The third-order valence-electron chi connectivity index (χ3n) is 3.42. The van der Waals surface area contributed by atoms with E-state index in [0.717, 1.165) is 25.2 Å². The number of ether oxygens (including phenoxy) is 1. The summed E-state index contributed by atoms with van der Waals surface area (Å²) in [6, 6.07) is 17.1. The van der Waals surface area contributed by atoms with Crippen molar-refractivity contribution in [2.45, 2.75) is 26.4 Å². The van der Waals surface area contributed by atoms with E-state index in [4.69, 9.17) is 4.74 Å². The van der Waals surface area contributed by atoms with Gasteiger partial charge in [-0.2, -0.15) is 13.2 Å². The average Bonchev–Trinajstić information content (AvgIpc) is 3.02. The van der Waals surface area contributed by atoms with Crippen LogP contribution in [0, 0.1) is 0 Å². The van der Waals surface area contributed by atoms with E-state index in [-0.39, 0.29) is 0 Å². The summed E-state index contributed by atoms with van der Waals surface area (Å²) in [6.45, 7) is -0.687. The molecular weight excluding hydrogens is 333 g/mol. The highest BCUT2D eigenvalue weighted by atomic mass is 32.1. The molecule has 0 fully saturated rings. The van der Waals surface area contributed by atoms with Crippen LogP contribution in [0.2, 0.25) is 0 Å². The molecule has 0 bridgehead atoms. The normalized spacial score (nSPS) is 10.5. The van der Waals surface area contributed by atoms with Crippen LogP contribution in [0.25, 0.3) is 21.2 Å². The first kappa shape index (κ1) is 18.3. The summed E-state index contributed by atoms with van der Waals surface area (Å²) in [4.78, 5) is 1.23. The van der Waals surface area contributed by atoms with Crippen LogP contribution >= 0.6 is 11.3 Å². The standard InChI is InChI=1S/C18H18OS.CHF3/c1-2-3-12-19-17-11-13-20-18(17)16-10-6-8-14-7-4-5-9-15(14)16;2-1(3)4/h4-11,13H,2-3,12H2,1H3;1H. The van der Waals surface area contributed by atoms with Gasteiger partial charge in [-0.05, 0) is 28.6 Å². The lowest BCUT2D eigenvalue weighted by molar-refractivity contribution is 0.00819. The van der Waals surface area contributed by atoms with E-state index in [2.05, 4.69) is 60.8 Å². The predicted octanol–water partition coefficient (Wildman–Crippen LogP) is 6.93. The first-order valence-corrected chi connectivity index (χ1v) is 8.62. The maximum atomic E-state index is 9.67. The number of rotatable bonds is 5. The molecule has 2 aromatic carbocycles. The predicted molar refractivity (Wildman–Crippen MR) is 94.8 cm³/mol. The van der Waals surface area contributed by atoms with Crippen molar-refractivity contribution in [2.24, 2.45) is 0 Å². The minimum absolute atomic E-state index is 0.797. The van der Waals surface area contributed by atoms with E-state index in [1.165, 1.54) is 21.2 Å². The highest BCUT2D eigenvalue weighted by molar-refractivity contribution is 7.14. The lowest BCUT2D eigenvalue weighted by Crippen LogP contribution is -1.96. The fourth-order valence-corrected chi connectivity index (χ4v) is 3.23. The Labute approximate surface area is 143 Å². The van der Waals surface area contributed by atoms with Gasteiger partial charge in [0.15, 0.2) is 0 Å². The molecule has 0 aliphatic rings. The number of thiophene rings is 1. The van der Waals surface area contributed by atoms with Gasteiger partial charge in [-0.25, -0.2) is 0 Å². The first-order valence-electron chi connectivity index (χ1n) is 7.74. The quantitative estimate of drug-likeness (QED) is 0.453. The molecule has 1 heterocycles. The van der Waals surface area contributed by atoms with Gasteiger partial charge in [-0.1, -0.05) is 55.8 Å². The Hall–Kier alpha value is -2.01. The lowest BCUT2D eigenvalue weighted by Gasteiger charge is -2.09. The minimum Gasteiger partial charge on any atom is -0.492 e. The topological polar surface area (TPSA) is 9.23 Å². The number of fused-ring (bicyclic) bond motifs is 1. The molecule has 128 valence electrons. The van der Waals surface area contributed by atoms with Crippen LogP contribution in [0.15, 0.2) is 53.9 Å². The van der Waals surface area contributed by atoms with Crippen LogP contribution in [0.3, 0.4) is 0 Å². The van der Waals surface area contributed by atoms with Crippen LogP contribution < -0.4 is 4.74 Å². The average molecular weight is 352 g/mol. The Kier molecular flexibility index (Phi) is 7.12. The first-order chi connectivity index (χ1) is 11.6. The molecule has 0 spiro atoms. The van der Waals surface area contributed by atoms with Gasteiger partial charge in [0.1, 0.15) is 5.75 Å². The smallest absolute Gasteiger partial charge is 0.379 e. The number of hydrogen-bond donors (Lipinski definition) is 0. The van der Waals surface area contributed by atoms with Crippen LogP contribution in [-0.2, 0) is 0 Å². The Balaban J connectivity index is 0.000000471. The Morgan fingerprint density at radius 1 is 1.00 bits per heavy atom. The van der Waals surface area contributed by atoms with Crippen molar-refractivity contribution in [1.29, 1.82) is 0 Å². The van der Waals surface area contributed by atoms with E-state index < -0.39 is 6.68 Å². The van der Waals surface area contributed by atoms with Crippen LogP contribution in [0.1, 0.15) is 19.8 Å². The fourth-order valence-electron chi connectivity index (χ4n) is 2.36. The summed E-state index contributed by atoms with van der Waals surface area (Å²) in [5, 5.41) is 4.67. The molecule has 1 nitrogen and oxygen atoms in total. The van der Waals surface area contributed by atoms with Gasteiger partial charge >= 0.3 is 6.68 Å². The van der Waals surface area contributed by atoms with Crippen molar-refractivity contribution in [3.63, 3.8) is 0 Å². The molecule has 0 saturated carbocycles. The third kappa shape index (κ3) is 4.99. The second kappa shape index (κ2) is 9.33. The van der Waals surface area contributed by atoms with Crippen molar-refractivity contribution in [1.82, 2.24) is 0 Å². The van der Waals surface area contributed by atoms with Gasteiger partial charge in [-0.3, -0.25) is 0 Å². The highest BCUT2D eigenvalue weighted by Crippen LogP contribution is 2.39. The van der Waals surface area contributed by atoms with E-state index in [1.54, 1.807) is 11.3 Å². The van der Waals surface area contributed by atoms with Gasteiger partial charge in [-0.15, -0.1) is 11.3 Å². The summed E-state index contributed by atoms with van der Waals surface area (Å²) in [5.74, 6) is 1.01. The van der Waals surface area contributed by atoms with E-state index in [0.29, 0.717) is 0 Å². The second-order valence-corrected chi connectivity index (χ2v) is 6.01. The molecule has 0 saturated heterocycles. The van der Waals surface area contributed by atoms with Crippen molar-refractivity contribution < 1.29 is 17.9 Å². The van der Waals surface area contributed by atoms with Gasteiger partial charge < -0.3 is 4.74 Å². The largest absolute Gasteiger partial charge is 0.492 e. The Bertz CT molecular complexity index is 747. The monoisotopic (exact) mass is 352 g/mol. The summed E-state index contributed by atoms with van der Waals surface area (Å²) >= 11 is 1.75. The van der Waals surface area contributed by atoms with E-state index >= 15 is 0 Å². The van der Waals surface area contributed by atoms with Crippen molar-refractivity contribution in [3.05, 3.63) is 53.9 Å². The van der Waals surface area contributed by atoms with Crippen molar-refractivity contribution in [3.8, 4) is 16.2 Å². The summed E-state index contributed by atoms with van der Waals surface area (Å²) in [5.41, 5.74) is 1.27. The molecule has 0 unspecified atom stereocenters. The number of unbranched alkanes of at least 4 members (excludes halogenated alkanes) is 1. The fraction of sp³-hybridized carbons (Fsp3) is 0.263. The molecule has 0 N–H and O–H groups in total. The molecule has 3 rings (SSSR count). The molecule has 0 amide bonds. The zero-order valence-corrected chi connectivity index (χ0v) is 14.2. The van der Waals surface area contributed by atoms with Gasteiger partial charge in [0.05, 0.1) is 11.5 Å². The number of halogens is 3. The molecule has 0 radical (unpaired) electrons. The van der Waals surface area contributed by atoms with Crippen LogP contribution in [-0.4, -0.2) is 13.3 Å². The number of benzene rings is 2. The Morgan fingerprint density at radius 3 is 2.46 bits per heavy atom. The second-order valence-electron chi connectivity index (χ2n) is 5.09. The molecule has 5 heteroatoms. The molecule has 1 aromatic heterocycles.